The maximum atomic E-state index is 11.6. The zero-order valence-corrected chi connectivity index (χ0v) is 13.9. The van der Waals surface area contributed by atoms with Gasteiger partial charge in [0.1, 0.15) is 6.42 Å². The number of carbonyl (C=O) groups excluding carboxylic acids is 2. The lowest BCUT2D eigenvalue weighted by Gasteiger charge is -2.12. The van der Waals surface area contributed by atoms with Crippen LogP contribution in [0, 0.1) is 0 Å². The summed E-state index contributed by atoms with van der Waals surface area (Å²) in [5, 5.41) is 6.30. The van der Waals surface area contributed by atoms with Crippen molar-refractivity contribution >= 4 is 18.0 Å². The van der Waals surface area contributed by atoms with Gasteiger partial charge in [0.2, 0.25) is 17.6 Å². The van der Waals surface area contributed by atoms with E-state index in [1.165, 1.54) is 33.6 Å². The summed E-state index contributed by atoms with van der Waals surface area (Å²) in [6, 6.07) is 3.35. The van der Waals surface area contributed by atoms with Crippen LogP contribution in [0.5, 0.6) is 17.2 Å². The Hall–Kier alpha value is -3.03. The molecule has 0 spiro atoms. The summed E-state index contributed by atoms with van der Waals surface area (Å²) in [5.41, 5.74) is 2.90. The van der Waals surface area contributed by atoms with Crippen molar-refractivity contribution in [1.29, 1.82) is 0 Å². The van der Waals surface area contributed by atoms with Crippen molar-refractivity contribution < 1.29 is 23.8 Å². The SMILES string of the molecule is C=CCNC(=O)CC(=O)N/N=C\c1cc(OC)c(OC)c(OC)c1. The highest BCUT2D eigenvalue weighted by Gasteiger charge is 2.12. The van der Waals surface area contributed by atoms with E-state index in [0.717, 1.165) is 0 Å². The fourth-order valence-electron chi connectivity index (χ4n) is 1.79. The van der Waals surface area contributed by atoms with Crippen molar-refractivity contribution in [3.05, 3.63) is 30.4 Å². The van der Waals surface area contributed by atoms with Gasteiger partial charge in [-0.1, -0.05) is 6.08 Å². The Labute approximate surface area is 140 Å². The average molecular weight is 335 g/mol. The van der Waals surface area contributed by atoms with Crippen molar-refractivity contribution in [2.24, 2.45) is 5.10 Å². The third-order valence-electron chi connectivity index (χ3n) is 2.85. The van der Waals surface area contributed by atoms with Crippen LogP contribution < -0.4 is 25.0 Å². The molecule has 0 aliphatic carbocycles. The summed E-state index contributed by atoms with van der Waals surface area (Å²) >= 11 is 0. The molecule has 8 heteroatoms. The molecule has 1 rings (SSSR count). The van der Waals surface area contributed by atoms with Gasteiger partial charge in [0.25, 0.3) is 0 Å². The van der Waals surface area contributed by atoms with Gasteiger partial charge in [-0.2, -0.15) is 5.10 Å². The molecule has 1 aromatic carbocycles. The number of benzene rings is 1. The van der Waals surface area contributed by atoms with E-state index in [2.05, 4.69) is 22.4 Å². The molecule has 0 unspecified atom stereocenters. The Morgan fingerprint density at radius 2 is 1.75 bits per heavy atom. The van der Waals surface area contributed by atoms with Gasteiger partial charge >= 0.3 is 0 Å². The minimum Gasteiger partial charge on any atom is -0.493 e. The normalized spacial score (nSPS) is 10.1. The maximum absolute atomic E-state index is 11.6. The first-order chi connectivity index (χ1) is 11.5. The van der Waals surface area contributed by atoms with E-state index in [-0.39, 0.29) is 6.42 Å². The zero-order chi connectivity index (χ0) is 17.9. The molecule has 1 aromatic rings. The number of hydrogen-bond acceptors (Lipinski definition) is 6. The van der Waals surface area contributed by atoms with Crippen LogP contribution >= 0.6 is 0 Å². The van der Waals surface area contributed by atoms with Crippen molar-refractivity contribution in [2.75, 3.05) is 27.9 Å². The van der Waals surface area contributed by atoms with Crippen LogP contribution in [0.3, 0.4) is 0 Å². The number of methoxy groups -OCH3 is 3. The monoisotopic (exact) mass is 335 g/mol. The second kappa shape index (κ2) is 9.88. The summed E-state index contributed by atoms with van der Waals surface area (Å²) in [4.78, 5) is 22.9. The van der Waals surface area contributed by atoms with E-state index in [1.54, 1.807) is 12.1 Å². The smallest absolute Gasteiger partial charge is 0.249 e. The lowest BCUT2D eigenvalue weighted by atomic mass is 10.2. The van der Waals surface area contributed by atoms with Gasteiger partial charge < -0.3 is 19.5 Å². The molecule has 130 valence electrons. The highest BCUT2D eigenvalue weighted by Crippen LogP contribution is 2.37. The first-order valence-electron chi connectivity index (χ1n) is 7.05. The Kier molecular flexibility index (Phi) is 7.83. The predicted molar refractivity (Wildman–Crippen MR) is 89.7 cm³/mol. The predicted octanol–water partition coefficient (Wildman–Crippen LogP) is 0.855. The second-order valence-corrected chi connectivity index (χ2v) is 4.52. The van der Waals surface area contributed by atoms with Crippen LogP contribution in [-0.4, -0.2) is 45.9 Å². The molecule has 24 heavy (non-hydrogen) atoms. The number of hydrogen-bond donors (Lipinski definition) is 2. The summed E-state index contributed by atoms with van der Waals surface area (Å²) in [5.74, 6) is 0.456. The molecule has 0 fully saturated rings. The standard InChI is InChI=1S/C16H21N3O5/c1-5-6-17-14(20)9-15(21)19-18-10-11-7-12(22-2)16(24-4)13(8-11)23-3/h5,7-8,10H,1,6,9H2,2-4H3,(H,17,20)(H,19,21)/b18-10-. The summed E-state index contributed by atoms with van der Waals surface area (Å²) in [6.07, 6.45) is 2.61. The van der Waals surface area contributed by atoms with E-state index in [0.29, 0.717) is 29.4 Å². The molecule has 2 N–H and O–H groups in total. The first-order valence-corrected chi connectivity index (χ1v) is 7.05. The number of rotatable bonds is 9. The number of nitrogens with one attached hydrogen (secondary N) is 2. The van der Waals surface area contributed by atoms with Crippen molar-refractivity contribution in [3.8, 4) is 17.2 Å². The highest BCUT2D eigenvalue weighted by atomic mass is 16.5. The summed E-state index contributed by atoms with van der Waals surface area (Å²) in [7, 11) is 4.51. The quantitative estimate of drug-likeness (QED) is 0.302. The van der Waals surface area contributed by atoms with Gasteiger partial charge in [-0.15, -0.1) is 6.58 Å². The van der Waals surface area contributed by atoms with Gasteiger partial charge in [-0.25, -0.2) is 5.43 Å². The summed E-state index contributed by atoms with van der Waals surface area (Å²) < 4.78 is 15.7. The minimum atomic E-state index is -0.528. The molecule has 0 bridgehead atoms. The molecule has 0 saturated carbocycles. The van der Waals surface area contributed by atoms with Crippen LogP contribution in [0.4, 0.5) is 0 Å². The van der Waals surface area contributed by atoms with Gasteiger partial charge in [0.05, 0.1) is 27.5 Å². The summed E-state index contributed by atoms with van der Waals surface area (Å²) in [6.45, 7) is 3.77. The molecule has 8 nitrogen and oxygen atoms in total. The van der Waals surface area contributed by atoms with Gasteiger partial charge in [0, 0.05) is 12.1 Å². The third kappa shape index (κ3) is 5.64. The zero-order valence-electron chi connectivity index (χ0n) is 13.9. The Bertz CT molecular complexity index is 603. The fraction of sp³-hybridized carbons (Fsp3) is 0.312. The molecular formula is C16H21N3O5. The van der Waals surface area contributed by atoms with Crippen LogP contribution in [0.25, 0.3) is 0 Å². The van der Waals surface area contributed by atoms with E-state index in [9.17, 15) is 9.59 Å². The lowest BCUT2D eigenvalue weighted by molar-refractivity contribution is -0.129. The highest BCUT2D eigenvalue weighted by molar-refractivity contribution is 5.97. The van der Waals surface area contributed by atoms with Crippen molar-refractivity contribution in [1.82, 2.24) is 10.7 Å². The fourth-order valence-corrected chi connectivity index (χ4v) is 1.79. The molecule has 0 saturated heterocycles. The van der Waals surface area contributed by atoms with E-state index < -0.39 is 11.8 Å². The maximum Gasteiger partial charge on any atom is 0.249 e. The number of nitrogens with zero attached hydrogens (tertiary/aromatic N) is 1. The van der Waals surface area contributed by atoms with Gasteiger partial charge in [0.15, 0.2) is 11.5 Å². The molecule has 0 atom stereocenters. The molecule has 0 aliphatic heterocycles. The van der Waals surface area contributed by atoms with E-state index >= 15 is 0 Å². The largest absolute Gasteiger partial charge is 0.493 e. The van der Waals surface area contributed by atoms with Gasteiger partial charge in [-0.3, -0.25) is 9.59 Å². The molecule has 0 aliphatic rings. The van der Waals surface area contributed by atoms with Crippen molar-refractivity contribution in [2.45, 2.75) is 6.42 Å². The van der Waals surface area contributed by atoms with Gasteiger partial charge in [-0.05, 0) is 12.1 Å². The van der Waals surface area contributed by atoms with Crippen LogP contribution in [0.1, 0.15) is 12.0 Å². The van der Waals surface area contributed by atoms with Crippen LogP contribution in [-0.2, 0) is 9.59 Å². The van der Waals surface area contributed by atoms with Crippen LogP contribution in [0.15, 0.2) is 29.9 Å². The van der Waals surface area contributed by atoms with Crippen LogP contribution in [0.2, 0.25) is 0 Å². The molecule has 0 heterocycles. The van der Waals surface area contributed by atoms with Crippen molar-refractivity contribution in [3.63, 3.8) is 0 Å². The molecular weight excluding hydrogens is 314 g/mol. The molecule has 2 amide bonds. The molecule has 0 aromatic heterocycles. The Morgan fingerprint density at radius 3 is 2.25 bits per heavy atom. The second-order valence-electron chi connectivity index (χ2n) is 4.52. The Morgan fingerprint density at radius 1 is 1.12 bits per heavy atom. The number of hydrazone groups is 1. The first kappa shape index (κ1) is 19.0. The third-order valence-corrected chi connectivity index (χ3v) is 2.85. The minimum absolute atomic E-state index is 0.306. The van der Waals surface area contributed by atoms with E-state index in [4.69, 9.17) is 14.2 Å². The number of ether oxygens (including phenoxy) is 3. The average Bonchev–Trinajstić information content (AvgIpc) is 2.58. The number of carbonyl (C=O) groups is 2. The number of amides is 2. The lowest BCUT2D eigenvalue weighted by Crippen LogP contribution is -2.29. The topological polar surface area (TPSA) is 98.3 Å². The Balaban J connectivity index is 2.71. The molecule has 0 radical (unpaired) electrons. The van der Waals surface area contributed by atoms with E-state index in [1.807, 2.05) is 0 Å².